The van der Waals surface area contributed by atoms with Crippen LogP contribution < -0.4 is 10.6 Å². The minimum absolute atomic E-state index is 0.588. The van der Waals surface area contributed by atoms with E-state index in [-0.39, 0.29) is 0 Å². The molecule has 0 spiro atoms. The van der Waals surface area contributed by atoms with E-state index in [1.807, 2.05) is 7.05 Å². The van der Waals surface area contributed by atoms with Crippen molar-refractivity contribution in [2.75, 3.05) is 46.3 Å². The summed E-state index contributed by atoms with van der Waals surface area (Å²) in [6.45, 7) is 7.52. The van der Waals surface area contributed by atoms with Gasteiger partial charge in [0.2, 0.25) is 0 Å². The van der Waals surface area contributed by atoms with Gasteiger partial charge in [0.1, 0.15) is 0 Å². The number of piperidine rings is 2. The zero-order chi connectivity index (χ0) is 19.4. The molecule has 0 aromatic heterocycles. The SMILES string of the molecule is CN=C(NCCCCCN1CCCCC1)NC1CCN(C2CCCCC2)CC1. The number of rotatable bonds is 8. The maximum atomic E-state index is 4.45. The molecule has 162 valence electrons. The molecule has 0 amide bonds. The quantitative estimate of drug-likeness (QED) is 0.377. The van der Waals surface area contributed by atoms with E-state index < -0.39 is 0 Å². The van der Waals surface area contributed by atoms with Crippen LogP contribution in [0.3, 0.4) is 0 Å². The summed E-state index contributed by atoms with van der Waals surface area (Å²) >= 11 is 0. The molecule has 2 heterocycles. The zero-order valence-electron chi connectivity index (χ0n) is 18.4. The summed E-state index contributed by atoms with van der Waals surface area (Å²) in [5, 5.41) is 7.22. The molecule has 0 bridgehead atoms. The van der Waals surface area contributed by atoms with E-state index in [1.165, 1.54) is 116 Å². The number of guanidine groups is 1. The van der Waals surface area contributed by atoms with Gasteiger partial charge in [-0.25, -0.2) is 0 Å². The minimum Gasteiger partial charge on any atom is -0.356 e. The largest absolute Gasteiger partial charge is 0.356 e. The van der Waals surface area contributed by atoms with E-state index in [4.69, 9.17) is 0 Å². The molecule has 0 aromatic carbocycles. The van der Waals surface area contributed by atoms with Gasteiger partial charge in [0, 0.05) is 38.8 Å². The van der Waals surface area contributed by atoms with Crippen molar-refractivity contribution < 1.29 is 0 Å². The minimum atomic E-state index is 0.588. The average Bonchev–Trinajstić information content (AvgIpc) is 2.77. The van der Waals surface area contributed by atoms with Crippen molar-refractivity contribution >= 4 is 5.96 Å². The highest BCUT2D eigenvalue weighted by molar-refractivity contribution is 5.79. The third-order valence-electron chi connectivity index (χ3n) is 7.08. The molecule has 28 heavy (non-hydrogen) atoms. The molecule has 1 saturated carbocycles. The second kappa shape index (κ2) is 12.7. The molecule has 3 aliphatic rings. The molecule has 0 aromatic rings. The molecule has 2 saturated heterocycles. The molecule has 3 rings (SSSR count). The number of nitrogens with one attached hydrogen (secondary N) is 2. The van der Waals surface area contributed by atoms with Crippen LogP contribution >= 0.6 is 0 Å². The zero-order valence-corrected chi connectivity index (χ0v) is 18.4. The van der Waals surface area contributed by atoms with Crippen LogP contribution in [0.5, 0.6) is 0 Å². The lowest BCUT2D eigenvalue weighted by Gasteiger charge is -2.39. The Balaban J connectivity index is 1.22. The van der Waals surface area contributed by atoms with Crippen LogP contribution in [-0.2, 0) is 0 Å². The number of nitrogens with zero attached hydrogens (tertiary/aromatic N) is 3. The molecule has 5 nitrogen and oxygen atoms in total. The first-order valence-electron chi connectivity index (χ1n) is 12.3. The first-order chi connectivity index (χ1) is 13.8. The summed E-state index contributed by atoms with van der Waals surface area (Å²) in [6, 6.07) is 1.46. The summed E-state index contributed by atoms with van der Waals surface area (Å²) in [4.78, 5) is 9.86. The van der Waals surface area contributed by atoms with Gasteiger partial charge in [-0.3, -0.25) is 4.99 Å². The highest BCUT2D eigenvalue weighted by atomic mass is 15.2. The molecule has 3 fully saturated rings. The topological polar surface area (TPSA) is 42.9 Å². The van der Waals surface area contributed by atoms with E-state index in [1.54, 1.807) is 0 Å². The molecule has 0 radical (unpaired) electrons. The maximum Gasteiger partial charge on any atom is 0.191 e. The number of likely N-dealkylation sites (tertiary alicyclic amines) is 2. The Bertz CT molecular complexity index is 432. The van der Waals surface area contributed by atoms with Gasteiger partial charge in [0.25, 0.3) is 0 Å². The molecule has 1 aliphatic carbocycles. The van der Waals surface area contributed by atoms with Crippen LogP contribution in [0.25, 0.3) is 0 Å². The first kappa shape index (κ1) is 21.9. The predicted octanol–water partition coefficient (Wildman–Crippen LogP) is 3.60. The lowest BCUT2D eigenvalue weighted by Crippen LogP contribution is -2.51. The van der Waals surface area contributed by atoms with Crippen LogP contribution in [0.2, 0.25) is 0 Å². The fourth-order valence-corrected chi connectivity index (χ4v) is 5.27. The van der Waals surface area contributed by atoms with Gasteiger partial charge < -0.3 is 20.4 Å². The van der Waals surface area contributed by atoms with Crippen molar-refractivity contribution in [2.45, 2.75) is 95.6 Å². The Morgan fingerprint density at radius 1 is 0.821 bits per heavy atom. The lowest BCUT2D eigenvalue weighted by atomic mass is 9.92. The monoisotopic (exact) mass is 391 g/mol. The summed E-state index contributed by atoms with van der Waals surface area (Å²) in [5.74, 6) is 1.01. The van der Waals surface area contributed by atoms with Crippen molar-refractivity contribution in [3.8, 4) is 0 Å². The number of hydrogen-bond acceptors (Lipinski definition) is 3. The lowest BCUT2D eigenvalue weighted by molar-refractivity contribution is 0.119. The van der Waals surface area contributed by atoms with Gasteiger partial charge in [-0.15, -0.1) is 0 Å². The van der Waals surface area contributed by atoms with Crippen molar-refractivity contribution in [1.82, 2.24) is 20.4 Å². The predicted molar refractivity (Wildman–Crippen MR) is 120 cm³/mol. The number of unbranched alkanes of at least 4 members (excludes halogenated alkanes) is 2. The van der Waals surface area contributed by atoms with Crippen molar-refractivity contribution in [3.63, 3.8) is 0 Å². The van der Waals surface area contributed by atoms with Crippen molar-refractivity contribution in [1.29, 1.82) is 0 Å². The Morgan fingerprint density at radius 3 is 2.25 bits per heavy atom. The highest BCUT2D eigenvalue weighted by Gasteiger charge is 2.26. The van der Waals surface area contributed by atoms with Crippen LogP contribution in [-0.4, -0.2) is 74.2 Å². The van der Waals surface area contributed by atoms with E-state index in [0.29, 0.717) is 6.04 Å². The van der Waals surface area contributed by atoms with Crippen LogP contribution in [0.4, 0.5) is 0 Å². The number of hydrogen-bond donors (Lipinski definition) is 2. The maximum absolute atomic E-state index is 4.45. The van der Waals surface area contributed by atoms with Crippen LogP contribution in [0.1, 0.15) is 83.5 Å². The first-order valence-corrected chi connectivity index (χ1v) is 12.3. The standard InChI is InChI=1S/C23H45N5/c1-24-23(25-15-7-3-8-16-27-17-9-4-10-18-27)26-21-13-19-28(20-14-21)22-11-5-2-6-12-22/h21-22H,2-20H2,1H3,(H2,24,25,26). The molecular formula is C23H45N5. The Morgan fingerprint density at radius 2 is 1.54 bits per heavy atom. The molecule has 0 unspecified atom stereocenters. The smallest absolute Gasteiger partial charge is 0.191 e. The summed E-state index contributed by atoms with van der Waals surface area (Å²) in [6.07, 6.45) is 17.9. The normalized spacial score (nSPS) is 24.4. The van der Waals surface area contributed by atoms with E-state index in [0.717, 1.165) is 18.5 Å². The third-order valence-corrected chi connectivity index (χ3v) is 7.08. The summed E-state index contributed by atoms with van der Waals surface area (Å²) in [7, 11) is 1.91. The third kappa shape index (κ3) is 7.55. The van der Waals surface area contributed by atoms with Gasteiger partial charge in [-0.2, -0.15) is 0 Å². The van der Waals surface area contributed by atoms with Crippen molar-refractivity contribution in [3.05, 3.63) is 0 Å². The Kier molecular flexibility index (Phi) is 9.92. The van der Waals surface area contributed by atoms with Gasteiger partial charge in [0.05, 0.1) is 0 Å². The second-order valence-corrected chi connectivity index (χ2v) is 9.21. The van der Waals surface area contributed by atoms with Crippen molar-refractivity contribution in [2.24, 2.45) is 4.99 Å². The summed E-state index contributed by atoms with van der Waals surface area (Å²) in [5.41, 5.74) is 0. The van der Waals surface area contributed by atoms with Crippen LogP contribution in [0, 0.1) is 0 Å². The molecular weight excluding hydrogens is 346 g/mol. The van der Waals surface area contributed by atoms with E-state index in [2.05, 4.69) is 25.4 Å². The highest BCUT2D eigenvalue weighted by Crippen LogP contribution is 2.25. The Hall–Kier alpha value is -0.810. The number of aliphatic imine (C=N–C) groups is 1. The van der Waals surface area contributed by atoms with Crippen LogP contribution in [0.15, 0.2) is 4.99 Å². The molecule has 0 atom stereocenters. The van der Waals surface area contributed by atoms with Gasteiger partial charge in [0.15, 0.2) is 5.96 Å². The second-order valence-electron chi connectivity index (χ2n) is 9.21. The fraction of sp³-hybridized carbons (Fsp3) is 0.957. The molecule has 5 heteroatoms. The van der Waals surface area contributed by atoms with Gasteiger partial charge >= 0.3 is 0 Å². The molecule has 2 aliphatic heterocycles. The average molecular weight is 392 g/mol. The Labute approximate surface area is 173 Å². The van der Waals surface area contributed by atoms with E-state index in [9.17, 15) is 0 Å². The fourth-order valence-electron chi connectivity index (χ4n) is 5.27. The van der Waals surface area contributed by atoms with Gasteiger partial charge in [-0.05, 0) is 71.0 Å². The summed E-state index contributed by atoms with van der Waals surface area (Å²) < 4.78 is 0. The van der Waals surface area contributed by atoms with E-state index >= 15 is 0 Å². The molecule has 2 N–H and O–H groups in total. The van der Waals surface area contributed by atoms with Gasteiger partial charge in [-0.1, -0.05) is 32.1 Å².